The Hall–Kier alpha value is -1.80. The highest BCUT2D eigenvalue weighted by Crippen LogP contribution is 2.27. The van der Waals surface area contributed by atoms with E-state index in [9.17, 15) is 9.90 Å². The SMILES string of the molecule is COC(=O)c1c(NC2CCC(O)CC2)nn(CCO)c1N. The normalized spacial score (nSPS) is 22.0. The molecule has 8 nitrogen and oxygen atoms in total. The molecule has 0 saturated heterocycles. The third-order valence-corrected chi connectivity index (χ3v) is 3.73. The van der Waals surface area contributed by atoms with E-state index >= 15 is 0 Å². The number of ether oxygens (including phenoxy) is 1. The zero-order valence-electron chi connectivity index (χ0n) is 12.1. The van der Waals surface area contributed by atoms with Crippen LogP contribution in [0.25, 0.3) is 0 Å². The van der Waals surface area contributed by atoms with Gasteiger partial charge in [-0.15, -0.1) is 0 Å². The van der Waals surface area contributed by atoms with E-state index in [0.717, 1.165) is 25.7 Å². The number of hydrogen-bond acceptors (Lipinski definition) is 7. The molecule has 0 amide bonds. The van der Waals surface area contributed by atoms with E-state index in [1.807, 2.05) is 0 Å². The van der Waals surface area contributed by atoms with Crippen molar-refractivity contribution in [3.8, 4) is 0 Å². The van der Waals surface area contributed by atoms with E-state index in [0.29, 0.717) is 5.82 Å². The van der Waals surface area contributed by atoms with Gasteiger partial charge < -0.3 is 26.0 Å². The van der Waals surface area contributed by atoms with Crippen LogP contribution in [0.15, 0.2) is 0 Å². The van der Waals surface area contributed by atoms with Gasteiger partial charge in [0.05, 0.1) is 26.4 Å². The maximum Gasteiger partial charge on any atom is 0.345 e. The topological polar surface area (TPSA) is 123 Å². The number of carbonyl (C=O) groups excluding carboxylic acids is 1. The smallest absolute Gasteiger partial charge is 0.345 e. The second-order valence-electron chi connectivity index (χ2n) is 5.20. The zero-order valence-corrected chi connectivity index (χ0v) is 12.1. The van der Waals surface area contributed by atoms with Gasteiger partial charge in [-0.3, -0.25) is 0 Å². The maximum absolute atomic E-state index is 11.9. The summed E-state index contributed by atoms with van der Waals surface area (Å²) in [6.45, 7) is 0.0858. The van der Waals surface area contributed by atoms with Crippen molar-refractivity contribution >= 4 is 17.6 Å². The number of rotatable bonds is 5. The largest absolute Gasteiger partial charge is 0.465 e. The summed E-state index contributed by atoms with van der Waals surface area (Å²) in [5, 5.41) is 26.0. The predicted octanol–water partition coefficient (Wildman–Crippen LogP) is -0.0404. The van der Waals surface area contributed by atoms with Crippen molar-refractivity contribution in [1.82, 2.24) is 9.78 Å². The summed E-state index contributed by atoms with van der Waals surface area (Å²) in [5.41, 5.74) is 6.09. The first-order chi connectivity index (χ1) is 10.1. The van der Waals surface area contributed by atoms with Crippen LogP contribution in [0.4, 0.5) is 11.6 Å². The molecule has 1 aliphatic carbocycles. The van der Waals surface area contributed by atoms with Gasteiger partial charge in [-0.1, -0.05) is 0 Å². The monoisotopic (exact) mass is 298 g/mol. The summed E-state index contributed by atoms with van der Waals surface area (Å²) in [7, 11) is 1.28. The molecule has 0 spiro atoms. The van der Waals surface area contributed by atoms with Crippen LogP contribution in [0.5, 0.6) is 0 Å². The van der Waals surface area contributed by atoms with Gasteiger partial charge in [-0.05, 0) is 25.7 Å². The molecule has 1 aromatic rings. The van der Waals surface area contributed by atoms with Crippen LogP contribution in [-0.4, -0.2) is 51.8 Å². The number of esters is 1. The number of aliphatic hydroxyl groups excluding tert-OH is 2. The molecule has 1 aliphatic rings. The summed E-state index contributed by atoms with van der Waals surface area (Å²) >= 11 is 0. The van der Waals surface area contributed by atoms with E-state index < -0.39 is 5.97 Å². The molecule has 1 fully saturated rings. The highest BCUT2D eigenvalue weighted by molar-refractivity contribution is 5.99. The lowest BCUT2D eigenvalue weighted by Gasteiger charge is -2.26. The lowest BCUT2D eigenvalue weighted by Crippen LogP contribution is -2.29. The number of nitrogen functional groups attached to an aromatic ring is 1. The second kappa shape index (κ2) is 6.77. The molecule has 1 heterocycles. The maximum atomic E-state index is 11.9. The predicted molar refractivity (Wildman–Crippen MR) is 77.0 cm³/mol. The van der Waals surface area contributed by atoms with Crippen LogP contribution < -0.4 is 11.1 Å². The minimum atomic E-state index is -0.560. The van der Waals surface area contributed by atoms with Crippen molar-refractivity contribution < 1.29 is 19.7 Å². The third-order valence-electron chi connectivity index (χ3n) is 3.73. The lowest BCUT2D eigenvalue weighted by molar-refractivity contribution is 0.0602. The summed E-state index contributed by atoms with van der Waals surface area (Å²) in [5.74, 6) is -0.0153. The number of hydrogen-bond donors (Lipinski definition) is 4. The second-order valence-corrected chi connectivity index (χ2v) is 5.20. The molecule has 1 saturated carbocycles. The molecule has 0 unspecified atom stereocenters. The lowest BCUT2D eigenvalue weighted by atomic mass is 9.93. The van der Waals surface area contributed by atoms with Gasteiger partial charge in [0.25, 0.3) is 0 Å². The summed E-state index contributed by atoms with van der Waals surface area (Å²) in [4.78, 5) is 11.9. The number of nitrogens with two attached hydrogens (primary N) is 1. The fraction of sp³-hybridized carbons (Fsp3) is 0.692. The fourth-order valence-electron chi connectivity index (χ4n) is 2.56. The van der Waals surface area contributed by atoms with Gasteiger partial charge >= 0.3 is 5.97 Å². The average molecular weight is 298 g/mol. The van der Waals surface area contributed by atoms with Gasteiger partial charge in [0.1, 0.15) is 11.4 Å². The molecule has 0 atom stereocenters. The van der Waals surface area contributed by atoms with Crippen LogP contribution in [0, 0.1) is 0 Å². The van der Waals surface area contributed by atoms with Crippen molar-refractivity contribution in [3.05, 3.63) is 5.56 Å². The Labute approximate surface area is 122 Å². The molecule has 21 heavy (non-hydrogen) atoms. The van der Waals surface area contributed by atoms with Crippen molar-refractivity contribution in [2.24, 2.45) is 0 Å². The van der Waals surface area contributed by atoms with Crippen molar-refractivity contribution in [3.63, 3.8) is 0 Å². The number of nitrogens with one attached hydrogen (secondary N) is 1. The molecular weight excluding hydrogens is 276 g/mol. The van der Waals surface area contributed by atoms with E-state index in [-0.39, 0.29) is 36.7 Å². The molecule has 5 N–H and O–H groups in total. The average Bonchev–Trinajstić information content (AvgIpc) is 2.77. The molecule has 118 valence electrons. The molecule has 0 aliphatic heterocycles. The van der Waals surface area contributed by atoms with E-state index in [4.69, 9.17) is 15.6 Å². The quantitative estimate of drug-likeness (QED) is 0.562. The number of carbonyl (C=O) groups is 1. The Morgan fingerprint density at radius 1 is 1.48 bits per heavy atom. The summed E-state index contributed by atoms with van der Waals surface area (Å²) < 4.78 is 6.12. The van der Waals surface area contributed by atoms with Crippen LogP contribution in [0.1, 0.15) is 36.0 Å². The van der Waals surface area contributed by atoms with Crippen LogP contribution in [0.3, 0.4) is 0 Å². The molecular formula is C13H22N4O4. The number of aliphatic hydroxyl groups is 2. The standard InChI is InChI=1S/C13H22N4O4/c1-21-13(20)10-11(14)17(6-7-18)16-12(10)15-8-2-4-9(19)5-3-8/h8-9,18-19H,2-7,14H2,1H3,(H,15,16). The summed E-state index contributed by atoms with van der Waals surface area (Å²) in [6, 6.07) is 0.133. The van der Waals surface area contributed by atoms with Crippen molar-refractivity contribution in [2.45, 2.75) is 44.4 Å². The van der Waals surface area contributed by atoms with Crippen molar-refractivity contribution in [1.29, 1.82) is 0 Å². The zero-order chi connectivity index (χ0) is 15.4. The van der Waals surface area contributed by atoms with Gasteiger partial charge in [0.2, 0.25) is 0 Å². The van der Waals surface area contributed by atoms with Gasteiger partial charge in [-0.25, -0.2) is 9.48 Å². The van der Waals surface area contributed by atoms with Gasteiger partial charge in [0, 0.05) is 6.04 Å². The minimum Gasteiger partial charge on any atom is -0.465 e. The summed E-state index contributed by atoms with van der Waals surface area (Å²) in [6.07, 6.45) is 2.79. The van der Waals surface area contributed by atoms with E-state index in [1.165, 1.54) is 11.8 Å². The van der Waals surface area contributed by atoms with Crippen LogP contribution >= 0.6 is 0 Å². The number of nitrogens with zero attached hydrogens (tertiary/aromatic N) is 2. The molecule has 2 rings (SSSR count). The first kappa shape index (κ1) is 15.6. The molecule has 0 aromatic carbocycles. The van der Waals surface area contributed by atoms with Crippen LogP contribution in [-0.2, 0) is 11.3 Å². The van der Waals surface area contributed by atoms with E-state index in [2.05, 4.69) is 10.4 Å². The van der Waals surface area contributed by atoms with Gasteiger partial charge in [-0.2, -0.15) is 5.10 Å². The third kappa shape index (κ3) is 3.45. The molecule has 0 radical (unpaired) electrons. The Kier molecular flexibility index (Phi) is 5.03. The number of anilines is 2. The van der Waals surface area contributed by atoms with Crippen LogP contribution in [0.2, 0.25) is 0 Å². The first-order valence-corrected chi connectivity index (χ1v) is 7.06. The Bertz CT molecular complexity index is 495. The molecule has 8 heteroatoms. The molecule has 0 bridgehead atoms. The Morgan fingerprint density at radius 2 is 2.14 bits per heavy atom. The Balaban J connectivity index is 2.20. The Morgan fingerprint density at radius 3 is 2.71 bits per heavy atom. The number of aromatic nitrogens is 2. The highest BCUT2D eigenvalue weighted by Gasteiger charge is 2.26. The first-order valence-electron chi connectivity index (χ1n) is 7.06. The minimum absolute atomic E-state index is 0.123. The number of methoxy groups -OCH3 is 1. The van der Waals surface area contributed by atoms with Crippen molar-refractivity contribution in [2.75, 3.05) is 24.8 Å². The molecule has 1 aromatic heterocycles. The highest BCUT2D eigenvalue weighted by atomic mass is 16.5. The van der Waals surface area contributed by atoms with E-state index in [1.54, 1.807) is 0 Å². The van der Waals surface area contributed by atoms with Gasteiger partial charge in [0.15, 0.2) is 5.82 Å². The fourth-order valence-corrected chi connectivity index (χ4v) is 2.56.